The van der Waals surface area contributed by atoms with Crippen LogP contribution in [0.4, 0.5) is 5.69 Å². The summed E-state index contributed by atoms with van der Waals surface area (Å²) in [7, 11) is -3.65. The molecule has 2 aliphatic heterocycles. The van der Waals surface area contributed by atoms with Crippen LogP contribution in [0.1, 0.15) is 42.0 Å². The van der Waals surface area contributed by atoms with E-state index in [4.69, 9.17) is 0 Å². The number of rotatable bonds is 3. The maximum atomic E-state index is 13.5. The van der Waals surface area contributed by atoms with E-state index in [2.05, 4.69) is 28.9 Å². The smallest absolute Gasteiger partial charge is 0.243 e. The Kier molecular flexibility index (Phi) is 6.05. The minimum atomic E-state index is -3.65. The van der Waals surface area contributed by atoms with E-state index in [1.54, 1.807) is 0 Å². The molecule has 4 rings (SSSR count). The third-order valence-electron chi connectivity index (χ3n) is 6.43. The standard InChI is InChI=1S/C24H29BrN2O3S/c1-15-10-16(2)23(17(3)11-15)31(29,30)26-9-5-6-19(14-26)24(28)27-18(4)12-20-13-21(25)7-8-22(20)27/h7-8,10-11,13,18-19H,5-6,9,12,14H2,1-4H3/t18-,19-/m1/s1. The van der Waals surface area contributed by atoms with Crippen molar-refractivity contribution in [2.75, 3.05) is 18.0 Å². The maximum Gasteiger partial charge on any atom is 0.243 e. The summed E-state index contributed by atoms with van der Waals surface area (Å²) in [6.45, 7) is 8.42. The predicted molar refractivity (Wildman–Crippen MR) is 127 cm³/mol. The summed E-state index contributed by atoms with van der Waals surface area (Å²) in [5.74, 6) is -0.294. The Labute approximate surface area is 193 Å². The SMILES string of the molecule is Cc1cc(C)c(S(=O)(=O)N2CCC[C@@H](C(=O)N3c4ccc(Br)cc4C[C@H]3C)C2)c(C)c1. The summed E-state index contributed by atoms with van der Waals surface area (Å²) in [4.78, 5) is 15.8. The van der Waals surface area contributed by atoms with Gasteiger partial charge in [-0.2, -0.15) is 4.31 Å². The average Bonchev–Trinajstić information content (AvgIpc) is 3.01. The number of hydrogen-bond donors (Lipinski definition) is 0. The topological polar surface area (TPSA) is 57.7 Å². The Hall–Kier alpha value is -1.70. The molecule has 5 nitrogen and oxygen atoms in total. The number of sulfonamides is 1. The average molecular weight is 505 g/mol. The second kappa shape index (κ2) is 8.34. The molecule has 2 aliphatic rings. The van der Waals surface area contributed by atoms with Gasteiger partial charge in [-0.25, -0.2) is 8.42 Å². The van der Waals surface area contributed by atoms with E-state index < -0.39 is 10.0 Å². The van der Waals surface area contributed by atoms with Gasteiger partial charge in [0.15, 0.2) is 0 Å². The van der Waals surface area contributed by atoms with Crippen molar-refractivity contribution in [1.29, 1.82) is 0 Å². The molecule has 2 aromatic rings. The van der Waals surface area contributed by atoms with E-state index in [0.29, 0.717) is 24.3 Å². The van der Waals surface area contributed by atoms with Gasteiger partial charge in [0.25, 0.3) is 0 Å². The number of carbonyl (C=O) groups is 1. The Morgan fingerprint density at radius 1 is 1.10 bits per heavy atom. The summed E-state index contributed by atoms with van der Waals surface area (Å²) in [5.41, 5.74) is 4.68. The number of carbonyl (C=O) groups excluding carboxylic acids is 1. The van der Waals surface area contributed by atoms with Gasteiger partial charge < -0.3 is 4.90 Å². The fourth-order valence-electron chi connectivity index (χ4n) is 5.20. The molecule has 0 aromatic heterocycles. The quantitative estimate of drug-likeness (QED) is 0.605. The lowest BCUT2D eigenvalue weighted by Gasteiger charge is -2.35. The first-order valence-corrected chi connectivity index (χ1v) is 13.0. The van der Waals surface area contributed by atoms with Crippen LogP contribution in [-0.4, -0.2) is 37.8 Å². The molecule has 7 heteroatoms. The number of piperidine rings is 1. The van der Waals surface area contributed by atoms with Crippen molar-refractivity contribution in [3.05, 3.63) is 57.1 Å². The van der Waals surface area contributed by atoms with Gasteiger partial charge in [-0.3, -0.25) is 4.79 Å². The zero-order valence-corrected chi connectivity index (χ0v) is 20.9. The molecule has 1 amide bonds. The summed E-state index contributed by atoms with van der Waals surface area (Å²) < 4.78 is 29.6. The fourth-order valence-corrected chi connectivity index (χ4v) is 7.54. The van der Waals surface area contributed by atoms with Gasteiger partial charge in [0.1, 0.15) is 0 Å². The molecule has 0 bridgehead atoms. The minimum Gasteiger partial charge on any atom is -0.309 e. The van der Waals surface area contributed by atoms with Crippen molar-refractivity contribution < 1.29 is 13.2 Å². The van der Waals surface area contributed by atoms with Crippen LogP contribution >= 0.6 is 15.9 Å². The Morgan fingerprint density at radius 2 is 1.77 bits per heavy atom. The van der Waals surface area contributed by atoms with Crippen LogP contribution in [0.2, 0.25) is 0 Å². The number of halogens is 1. The first-order valence-electron chi connectivity index (χ1n) is 10.8. The van der Waals surface area contributed by atoms with E-state index in [1.165, 1.54) is 4.31 Å². The van der Waals surface area contributed by atoms with Crippen LogP contribution in [0.3, 0.4) is 0 Å². The molecule has 2 atom stereocenters. The lowest BCUT2D eigenvalue weighted by atomic mass is 9.97. The molecular weight excluding hydrogens is 476 g/mol. The highest BCUT2D eigenvalue weighted by Gasteiger charge is 2.39. The molecule has 31 heavy (non-hydrogen) atoms. The van der Waals surface area contributed by atoms with Gasteiger partial charge in [-0.05, 0) is 81.8 Å². The van der Waals surface area contributed by atoms with Gasteiger partial charge in [-0.15, -0.1) is 0 Å². The Bertz CT molecular complexity index is 1120. The molecule has 166 valence electrons. The Morgan fingerprint density at radius 3 is 2.45 bits per heavy atom. The zero-order chi connectivity index (χ0) is 22.5. The summed E-state index contributed by atoms with van der Waals surface area (Å²) in [6.07, 6.45) is 2.22. The highest BCUT2D eigenvalue weighted by molar-refractivity contribution is 9.10. The molecule has 0 radical (unpaired) electrons. The molecule has 0 aliphatic carbocycles. The largest absolute Gasteiger partial charge is 0.309 e. The molecule has 0 saturated carbocycles. The summed E-state index contributed by atoms with van der Waals surface area (Å²) in [6, 6.07) is 9.90. The number of hydrogen-bond acceptors (Lipinski definition) is 3. The van der Waals surface area contributed by atoms with Crippen LogP contribution in [0.15, 0.2) is 39.7 Å². The molecule has 0 unspecified atom stereocenters. The number of aryl methyl sites for hydroxylation is 3. The van der Waals surface area contributed by atoms with E-state index in [9.17, 15) is 13.2 Å². The predicted octanol–water partition coefficient (Wildman–Crippen LogP) is 4.75. The van der Waals surface area contributed by atoms with Crippen molar-refractivity contribution in [3.8, 4) is 0 Å². The van der Waals surface area contributed by atoms with Crippen molar-refractivity contribution in [3.63, 3.8) is 0 Å². The molecule has 2 aromatic carbocycles. The Balaban J connectivity index is 1.60. The molecular formula is C24H29BrN2O3S. The van der Waals surface area contributed by atoms with Gasteiger partial charge >= 0.3 is 0 Å². The van der Waals surface area contributed by atoms with E-state index in [-0.39, 0.29) is 24.4 Å². The lowest BCUT2D eigenvalue weighted by Crippen LogP contribution is -2.48. The van der Waals surface area contributed by atoms with E-state index in [0.717, 1.165) is 38.8 Å². The molecule has 0 N–H and O–H groups in total. The monoisotopic (exact) mass is 504 g/mol. The van der Waals surface area contributed by atoms with Crippen LogP contribution in [-0.2, 0) is 21.2 Å². The number of amides is 1. The summed E-state index contributed by atoms with van der Waals surface area (Å²) >= 11 is 3.51. The van der Waals surface area contributed by atoms with Crippen molar-refractivity contribution in [2.45, 2.75) is 57.9 Å². The zero-order valence-electron chi connectivity index (χ0n) is 18.5. The molecule has 2 heterocycles. The van der Waals surface area contributed by atoms with Gasteiger partial charge in [-0.1, -0.05) is 33.6 Å². The molecule has 0 spiro atoms. The van der Waals surface area contributed by atoms with Crippen LogP contribution in [0, 0.1) is 26.7 Å². The van der Waals surface area contributed by atoms with Crippen LogP contribution in [0.5, 0.6) is 0 Å². The number of anilines is 1. The molecule has 1 fully saturated rings. The normalized spacial score (nSPS) is 21.9. The van der Waals surface area contributed by atoms with Gasteiger partial charge in [0.05, 0.1) is 10.8 Å². The molecule has 1 saturated heterocycles. The second-order valence-electron chi connectivity index (χ2n) is 8.96. The van der Waals surface area contributed by atoms with Crippen LogP contribution in [0.25, 0.3) is 0 Å². The van der Waals surface area contributed by atoms with Crippen molar-refractivity contribution in [2.24, 2.45) is 5.92 Å². The van der Waals surface area contributed by atoms with Crippen molar-refractivity contribution in [1.82, 2.24) is 4.31 Å². The van der Waals surface area contributed by atoms with E-state index >= 15 is 0 Å². The highest BCUT2D eigenvalue weighted by Crippen LogP contribution is 2.37. The third-order valence-corrected chi connectivity index (χ3v) is 9.10. The number of benzene rings is 2. The highest BCUT2D eigenvalue weighted by atomic mass is 79.9. The number of nitrogens with zero attached hydrogens (tertiary/aromatic N) is 2. The minimum absolute atomic E-state index is 0.0332. The van der Waals surface area contributed by atoms with Gasteiger partial charge in [0, 0.05) is 29.3 Å². The van der Waals surface area contributed by atoms with E-state index in [1.807, 2.05) is 49.9 Å². The van der Waals surface area contributed by atoms with Gasteiger partial charge in [0.2, 0.25) is 15.9 Å². The van der Waals surface area contributed by atoms with Crippen LogP contribution < -0.4 is 4.90 Å². The third kappa shape index (κ3) is 4.08. The first kappa shape index (κ1) is 22.5. The number of fused-ring (bicyclic) bond motifs is 1. The maximum absolute atomic E-state index is 13.5. The fraction of sp³-hybridized carbons (Fsp3) is 0.458. The first-order chi connectivity index (χ1) is 14.6. The lowest BCUT2D eigenvalue weighted by molar-refractivity contribution is -0.123. The van der Waals surface area contributed by atoms with Crippen molar-refractivity contribution >= 4 is 37.5 Å². The summed E-state index contributed by atoms with van der Waals surface area (Å²) in [5, 5.41) is 0. The second-order valence-corrected chi connectivity index (χ2v) is 11.8.